The standard InChI is InChI=1S/C29H21F3O2S/c1-29(31,32)25-17-20(30)11-16-23(25)28-27(24-9-5-6-10-26(24)35-28)34-22-14-12-21(13-15-22)33-18-19-7-3-2-4-8-19/h2-17H,18H2,1H3. The summed E-state index contributed by atoms with van der Waals surface area (Å²) >= 11 is 1.34. The summed E-state index contributed by atoms with van der Waals surface area (Å²) in [4.78, 5) is 0.520. The molecule has 5 rings (SSSR count). The van der Waals surface area contributed by atoms with Crippen LogP contribution >= 0.6 is 11.3 Å². The van der Waals surface area contributed by atoms with Gasteiger partial charge in [-0.05, 0) is 54.1 Å². The third-order valence-corrected chi connectivity index (χ3v) is 6.73. The number of fused-ring (bicyclic) bond motifs is 1. The van der Waals surface area contributed by atoms with Crippen LogP contribution in [0, 0.1) is 5.82 Å². The molecule has 0 aliphatic heterocycles. The fourth-order valence-electron chi connectivity index (χ4n) is 3.84. The van der Waals surface area contributed by atoms with E-state index in [4.69, 9.17) is 9.47 Å². The van der Waals surface area contributed by atoms with Crippen LogP contribution in [-0.4, -0.2) is 0 Å². The fraction of sp³-hybridized carbons (Fsp3) is 0.103. The van der Waals surface area contributed by atoms with Crippen molar-refractivity contribution in [2.24, 2.45) is 0 Å². The second-order valence-corrected chi connectivity index (χ2v) is 9.23. The van der Waals surface area contributed by atoms with Crippen LogP contribution < -0.4 is 9.47 Å². The molecule has 6 heteroatoms. The lowest BCUT2D eigenvalue weighted by Gasteiger charge is -2.16. The highest BCUT2D eigenvalue weighted by Crippen LogP contribution is 2.49. The van der Waals surface area contributed by atoms with Crippen LogP contribution in [0.3, 0.4) is 0 Å². The third-order valence-electron chi connectivity index (χ3n) is 5.54. The summed E-state index contributed by atoms with van der Waals surface area (Å²) in [5, 5.41) is 0.798. The SMILES string of the molecule is CC(F)(F)c1cc(F)ccc1-c1sc2ccccc2c1Oc1ccc(OCc2ccccc2)cc1. The lowest BCUT2D eigenvalue weighted by Crippen LogP contribution is -2.09. The maximum atomic E-state index is 14.4. The van der Waals surface area contributed by atoms with Crippen molar-refractivity contribution in [3.8, 4) is 27.7 Å². The van der Waals surface area contributed by atoms with Gasteiger partial charge in [0.1, 0.15) is 23.9 Å². The predicted octanol–water partition coefficient (Wildman–Crippen LogP) is 9.19. The minimum atomic E-state index is -3.22. The summed E-state index contributed by atoms with van der Waals surface area (Å²) in [5.74, 6) is -2.25. The molecule has 0 aliphatic rings. The Kier molecular flexibility index (Phi) is 6.22. The van der Waals surface area contributed by atoms with E-state index in [0.717, 1.165) is 28.6 Å². The van der Waals surface area contributed by atoms with E-state index in [-0.39, 0.29) is 11.1 Å². The first-order valence-electron chi connectivity index (χ1n) is 11.0. The molecule has 1 heterocycles. The molecular weight excluding hydrogens is 469 g/mol. The van der Waals surface area contributed by atoms with Crippen LogP contribution in [0.2, 0.25) is 0 Å². The summed E-state index contributed by atoms with van der Waals surface area (Å²) in [6.07, 6.45) is 0. The van der Waals surface area contributed by atoms with Crippen molar-refractivity contribution >= 4 is 21.4 Å². The molecule has 0 saturated carbocycles. The predicted molar refractivity (Wildman–Crippen MR) is 134 cm³/mol. The number of hydrogen-bond donors (Lipinski definition) is 0. The Morgan fingerprint density at radius 3 is 2.23 bits per heavy atom. The monoisotopic (exact) mass is 490 g/mol. The number of alkyl halides is 2. The minimum Gasteiger partial charge on any atom is -0.489 e. The van der Waals surface area contributed by atoms with Crippen molar-refractivity contribution < 1.29 is 22.6 Å². The molecule has 0 fully saturated rings. The lowest BCUT2D eigenvalue weighted by molar-refractivity contribution is 0.0178. The van der Waals surface area contributed by atoms with E-state index in [2.05, 4.69) is 0 Å². The molecule has 4 aromatic carbocycles. The van der Waals surface area contributed by atoms with Crippen LogP contribution in [0.5, 0.6) is 17.2 Å². The van der Waals surface area contributed by atoms with Gasteiger partial charge in [0.05, 0.1) is 4.88 Å². The Morgan fingerprint density at radius 2 is 1.49 bits per heavy atom. The van der Waals surface area contributed by atoms with Gasteiger partial charge in [-0.3, -0.25) is 0 Å². The van der Waals surface area contributed by atoms with E-state index in [1.807, 2.05) is 54.6 Å². The second kappa shape index (κ2) is 9.47. The molecule has 0 spiro atoms. The van der Waals surface area contributed by atoms with Gasteiger partial charge in [-0.2, -0.15) is 0 Å². The van der Waals surface area contributed by atoms with Crippen molar-refractivity contribution in [3.63, 3.8) is 0 Å². The Labute approximate surface area is 205 Å². The molecule has 0 N–H and O–H groups in total. The maximum Gasteiger partial charge on any atom is 0.271 e. The molecule has 0 radical (unpaired) electrons. The smallest absolute Gasteiger partial charge is 0.271 e. The Bertz CT molecular complexity index is 1460. The number of hydrogen-bond acceptors (Lipinski definition) is 3. The van der Waals surface area contributed by atoms with Gasteiger partial charge in [0, 0.05) is 28.1 Å². The molecule has 2 nitrogen and oxygen atoms in total. The van der Waals surface area contributed by atoms with Gasteiger partial charge < -0.3 is 9.47 Å². The molecule has 0 atom stereocenters. The highest BCUT2D eigenvalue weighted by atomic mass is 32.1. The summed E-state index contributed by atoms with van der Waals surface area (Å²) in [6.45, 7) is 1.21. The van der Waals surface area contributed by atoms with E-state index >= 15 is 0 Å². The summed E-state index contributed by atoms with van der Waals surface area (Å²) in [7, 11) is 0. The molecule has 176 valence electrons. The molecule has 5 aromatic rings. The number of thiophene rings is 1. The summed E-state index contributed by atoms with van der Waals surface area (Å²) < 4.78 is 55.7. The van der Waals surface area contributed by atoms with Crippen LogP contribution in [0.25, 0.3) is 20.5 Å². The van der Waals surface area contributed by atoms with Gasteiger partial charge in [0.25, 0.3) is 5.92 Å². The van der Waals surface area contributed by atoms with Crippen molar-refractivity contribution in [1.82, 2.24) is 0 Å². The molecule has 0 bridgehead atoms. The van der Waals surface area contributed by atoms with Gasteiger partial charge in [-0.15, -0.1) is 11.3 Å². The molecule has 0 amide bonds. The molecule has 35 heavy (non-hydrogen) atoms. The number of rotatable bonds is 7. The average Bonchev–Trinajstić information content (AvgIpc) is 3.22. The summed E-state index contributed by atoms with van der Waals surface area (Å²) in [6, 6.07) is 28.0. The van der Waals surface area contributed by atoms with Crippen LogP contribution in [0.15, 0.2) is 97.1 Å². The Balaban J connectivity index is 1.48. The molecule has 0 aliphatic carbocycles. The van der Waals surface area contributed by atoms with Crippen molar-refractivity contribution in [3.05, 3.63) is 114 Å². The van der Waals surface area contributed by atoms with E-state index in [0.29, 0.717) is 28.7 Å². The highest BCUT2D eigenvalue weighted by Gasteiger charge is 2.31. The zero-order valence-corrected chi connectivity index (χ0v) is 19.6. The van der Waals surface area contributed by atoms with Gasteiger partial charge in [0.2, 0.25) is 0 Å². The Morgan fingerprint density at radius 1 is 0.800 bits per heavy atom. The first-order chi connectivity index (χ1) is 16.9. The molecular formula is C29H21F3O2S. The minimum absolute atomic E-state index is 0.248. The second-order valence-electron chi connectivity index (χ2n) is 8.18. The first kappa shape index (κ1) is 23.0. The topological polar surface area (TPSA) is 18.5 Å². The van der Waals surface area contributed by atoms with Crippen LogP contribution in [0.4, 0.5) is 13.2 Å². The van der Waals surface area contributed by atoms with Gasteiger partial charge in [-0.1, -0.05) is 48.5 Å². The molecule has 0 saturated heterocycles. The van der Waals surface area contributed by atoms with Crippen LogP contribution in [0.1, 0.15) is 18.1 Å². The third kappa shape index (κ3) is 5.03. The quantitative estimate of drug-likeness (QED) is 0.226. The van der Waals surface area contributed by atoms with Gasteiger partial charge in [0.15, 0.2) is 5.75 Å². The van der Waals surface area contributed by atoms with Gasteiger partial charge >= 0.3 is 0 Å². The van der Waals surface area contributed by atoms with E-state index in [9.17, 15) is 13.2 Å². The van der Waals surface area contributed by atoms with Crippen molar-refractivity contribution in [2.45, 2.75) is 19.5 Å². The number of halogens is 3. The zero-order chi connectivity index (χ0) is 24.4. The van der Waals surface area contributed by atoms with E-state index in [1.165, 1.54) is 23.5 Å². The van der Waals surface area contributed by atoms with Gasteiger partial charge in [-0.25, -0.2) is 13.2 Å². The number of ether oxygens (including phenoxy) is 2. The fourth-order valence-corrected chi connectivity index (χ4v) is 5.01. The van der Waals surface area contributed by atoms with Crippen molar-refractivity contribution in [2.75, 3.05) is 0 Å². The first-order valence-corrected chi connectivity index (χ1v) is 11.8. The van der Waals surface area contributed by atoms with Crippen LogP contribution in [-0.2, 0) is 12.5 Å². The molecule has 1 aromatic heterocycles. The maximum absolute atomic E-state index is 14.4. The Hall–Kier alpha value is -3.77. The number of benzene rings is 4. The lowest BCUT2D eigenvalue weighted by atomic mass is 10.00. The normalized spacial score (nSPS) is 11.5. The largest absolute Gasteiger partial charge is 0.489 e. The zero-order valence-electron chi connectivity index (χ0n) is 18.8. The molecule has 0 unspecified atom stereocenters. The highest BCUT2D eigenvalue weighted by molar-refractivity contribution is 7.22. The van der Waals surface area contributed by atoms with E-state index < -0.39 is 11.7 Å². The van der Waals surface area contributed by atoms with Crippen molar-refractivity contribution in [1.29, 1.82) is 0 Å². The summed E-state index contributed by atoms with van der Waals surface area (Å²) in [5.41, 5.74) is 0.932. The van der Waals surface area contributed by atoms with E-state index in [1.54, 1.807) is 24.3 Å². The average molecular weight is 491 g/mol.